The predicted molar refractivity (Wildman–Crippen MR) is 66.4 cm³/mol. The van der Waals surface area contributed by atoms with Crippen molar-refractivity contribution < 1.29 is 0 Å². The van der Waals surface area contributed by atoms with Gasteiger partial charge in [-0.2, -0.15) is 0 Å². The summed E-state index contributed by atoms with van der Waals surface area (Å²) < 4.78 is 2.14. The molecule has 88 valence electrons. The Balaban J connectivity index is 2.09. The summed E-state index contributed by atoms with van der Waals surface area (Å²) in [4.78, 5) is 0. The van der Waals surface area contributed by atoms with Crippen LogP contribution in [0.2, 0.25) is 0 Å². The van der Waals surface area contributed by atoms with Gasteiger partial charge in [-0.1, -0.05) is 12.1 Å². The summed E-state index contributed by atoms with van der Waals surface area (Å²) in [6, 6.07) is 6.56. The van der Waals surface area contributed by atoms with Crippen molar-refractivity contribution in [3.8, 4) is 11.4 Å². The van der Waals surface area contributed by atoms with Crippen LogP contribution in [-0.2, 0) is 19.6 Å². The smallest absolute Gasteiger partial charge is 0.163 e. The molecule has 0 spiro atoms. The van der Waals surface area contributed by atoms with Crippen molar-refractivity contribution in [3.63, 3.8) is 0 Å². The molecule has 1 aliphatic rings. The number of benzene rings is 1. The number of nitrogens with zero attached hydrogens (tertiary/aromatic N) is 3. The van der Waals surface area contributed by atoms with Gasteiger partial charge in [0.05, 0.1) is 0 Å². The SMILES string of the molecule is CCn1c(C)nnc1-c1ccc2c(c1)CNC2. The molecule has 4 heteroatoms. The van der Waals surface area contributed by atoms with Gasteiger partial charge in [0.25, 0.3) is 0 Å². The van der Waals surface area contributed by atoms with E-state index in [9.17, 15) is 0 Å². The molecule has 4 nitrogen and oxygen atoms in total. The first-order chi connectivity index (χ1) is 8.29. The van der Waals surface area contributed by atoms with Crippen LogP contribution in [0.15, 0.2) is 18.2 Å². The van der Waals surface area contributed by atoms with Crippen LogP contribution in [-0.4, -0.2) is 14.8 Å². The Morgan fingerprint density at radius 3 is 2.88 bits per heavy atom. The summed E-state index contributed by atoms with van der Waals surface area (Å²) in [5, 5.41) is 11.8. The van der Waals surface area contributed by atoms with Crippen LogP contribution in [0.25, 0.3) is 11.4 Å². The van der Waals surface area contributed by atoms with E-state index in [1.165, 1.54) is 11.1 Å². The first-order valence-electron chi connectivity index (χ1n) is 6.02. The zero-order valence-electron chi connectivity index (χ0n) is 10.2. The van der Waals surface area contributed by atoms with Crippen LogP contribution in [0.5, 0.6) is 0 Å². The van der Waals surface area contributed by atoms with Crippen molar-refractivity contribution in [1.82, 2.24) is 20.1 Å². The minimum absolute atomic E-state index is 0.906. The van der Waals surface area contributed by atoms with Crippen LogP contribution >= 0.6 is 0 Å². The number of aryl methyl sites for hydroxylation is 1. The van der Waals surface area contributed by atoms with Crippen molar-refractivity contribution in [2.45, 2.75) is 33.5 Å². The number of fused-ring (bicyclic) bond motifs is 1. The molecule has 0 saturated heterocycles. The minimum Gasteiger partial charge on any atom is -0.312 e. The summed E-state index contributed by atoms with van der Waals surface area (Å²) in [6.45, 7) is 6.96. The Kier molecular flexibility index (Phi) is 2.44. The third-order valence-electron chi connectivity index (χ3n) is 3.35. The van der Waals surface area contributed by atoms with Crippen LogP contribution in [0.1, 0.15) is 23.9 Å². The van der Waals surface area contributed by atoms with Gasteiger partial charge in [0.2, 0.25) is 0 Å². The minimum atomic E-state index is 0.906. The van der Waals surface area contributed by atoms with Gasteiger partial charge in [0.15, 0.2) is 5.82 Å². The van der Waals surface area contributed by atoms with Gasteiger partial charge in [-0.15, -0.1) is 10.2 Å². The van der Waals surface area contributed by atoms with E-state index < -0.39 is 0 Å². The zero-order valence-corrected chi connectivity index (χ0v) is 10.2. The molecule has 0 amide bonds. The highest BCUT2D eigenvalue weighted by molar-refractivity contribution is 5.58. The fourth-order valence-corrected chi connectivity index (χ4v) is 2.41. The molecule has 0 radical (unpaired) electrons. The van der Waals surface area contributed by atoms with Gasteiger partial charge < -0.3 is 9.88 Å². The van der Waals surface area contributed by atoms with Gasteiger partial charge in [-0.05, 0) is 31.0 Å². The lowest BCUT2D eigenvalue weighted by Crippen LogP contribution is -2.00. The maximum absolute atomic E-state index is 4.27. The molecular weight excluding hydrogens is 212 g/mol. The van der Waals surface area contributed by atoms with Crippen molar-refractivity contribution >= 4 is 0 Å². The van der Waals surface area contributed by atoms with Crippen molar-refractivity contribution in [3.05, 3.63) is 35.2 Å². The molecule has 17 heavy (non-hydrogen) atoms. The second kappa shape index (κ2) is 3.96. The van der Waals surface area contributed by atoms with Crippen molar-refractivity contribution in [2.24, 2.45) is 0 Å². The second-order valence-corrected chi connectivity index (χ2v) is 4.40. The summed E-state index contributed by atoms with van der Waals surface area (Å²) >= 11 is 0. The number of rotatable bonds is 2. The molecule has 1 aliphatic heterocycles. The predicted octanol–water partition coefficient (Wildman–Crippen LogP) is 1.88. The lowest BCUT2D eigenvalue weighted by Gasteiger charge is -2.06. The molecule has 3 rings (SSSR count). The summed E-state index contributed by atoms with van der Waals surface area (Å²) in [5.74, 6) is 1.95. The maximum Gasteiger partial charge on any atom is 0.163 e. The van der Waals surface area contributed by atoms with E-state index in [-0.39, 0.29) is 0 Å². The third-order valence-corrected chi connectivity index (χ3v) is 3.35. The quantitative estimate of drug-likeness (QED) is 0.853. The van der Waals surface area contributed by atoms with Crippen LogP contribution in [0.3, 0.4) is 0 Å². The van der Waals surface area contributed by atoms with E-state index in [1.54, 1.807) is 0 Å². The Labute approximate surface area is 101 Å². The summed E-state index contributed by atoms with van der Waals surface area (Å²) in [6.07, 6.45) is 0. The van der Waals surface area contributed by atoms with Gasteiger partial charge >= 0.3 is 0 Å². The molecule has 1 aromatic heterocycles. The molecule has 0 atom stereocenters. The molecule has 2 heterocycles. The Morgan fingerprint density at radius 1 is 1.24 bits per heavy atom. The van der Waals surface area contributed by atoms with Crippen LogP contribution in [0.4, 0.5) is 0 Å². The van der Waals surface area contributed by atoms with E-state index in [2.05, 4.69) is 45.2 Å². The first kappa shape index (κ1) is 10.5. The molecule has 0 bridgehead atoms. The van der Waals surface area contributed by atoms with E-state index in [0.29, 0.717) is 0 Å². The van der Waals surface area contributed by atoms with Crippen LogP contribution < -0.4 is 5.32 Å². The maximum atomic E-state index is 4.27. The normalized spacial score (nSPS) is 14.0. The molecule has 2 aromatic rings. The third kappa shape index (κ3) is 1.65. The summed E-state index contributed by atoms with van der Waals surface area (Å²) in [5.41, 5.74) is 3.94. The fourth-order valence-electron chi connectivity index (χ4n) is 2.41. The molecule has 1 aromatic carbocycles. The molecule has 0 unspecified atom stereocenters. The second-order valence-electron chi connectivity index (χ2n) is 4.40. The standard InChI is InChI=1S/C13H16N4/c1-3-17-9(2)15-16-13(17)10-4-5-11-7-14-8-12(11)6-10/h4-6,14H,3,7-8H2,1-2H3. The first-order valence-corrected chi connectivity index (χ1v) is 6.02. The van der Waals surface area contributed by atoms with Gasteiger partial charge in [0, 0.05) is 25.2 Å². The van der Waals surface area contributed by atoms with Gasteiger partial charge in [-0.3, -0.25) is 0 Å². The lowest BCUT2D eigenvalue weighted by molar-refractivity contribution is 0.736. The fraction of sp³-hybridized carbons (Fsp3) is 0.385. The summed E-state index contributed by atoms with van der Waals surface area (Å²) in [7, 11) is 0. The molecule has 0 aliphatic carbocycles. The Morgan fingerprint density at radius 2 is 2.06 bits per heavy atom. The molecular formula is C13H16N4. The number of aromatic nitrogens is 3. The zero-order chi connectivity index (χ0) is 11.8. The highest BCUT2D eigenvalue weighted by Crippen LogP contribution is 2.24. The van der Waals surface area contributed by atoms with Gasteiger partial charge in [-0.25, -0.2) is 0 Å². The largest absolute Gasteiger partial charge is 0.312 e. The van der Waals surface area contributed by atoms with Crippen molar-refractivity contribution in [1.29, 1.82) is 0 Å². The van der Waals surface area contributed by atoms with E-state index in [4.69, 9.17) is 0 Å². The topological polar surface area (TPSA) is 42.7 Å². The molecule has 0 fully saturated rings. The highest BCUT2D eigenvalue weighted by Gasteiger charge is 2.14. The van der Waals surface area contributed by atoms with Gasteiger partial charge in [0.1, 0.15) is 5.82 Å². The lowest BCUT2D eigenvalue weighted by atomic mass is 10.1. The molecule has 1 N–H and O–H groups in total. The van der Waals surface area contributed by atoms with E-state index >= 15 is 0 Å². The van der Waals surface area contributed by atoms with E-state index in [0.717, 1.165) is 36.8 Å². The average Bonchev–Trinajstić information content (AvgIpc) is 2.93. The Bertz CT molecular complexity index is 557. The van der Waals surface area contributed by atoms with Crippen molar-refractivity contribution in [2.75, 3.05) is 0 Å². The average molecular weight is 228 g/mol. The Hall–Kier alpha value is -1.68. The van der Waals surface area contributed by atoms with E-state index in [1.807, 2.05) is 6.92 Å². The highest BCUT2D eigenvalue weighted by atomic mass is 15.3. The number of nitrogens with one attached hydrogen (secondary N) is 1. The molecule has 0 saturated carbocycles. The van der Waals surface area contributed by atoms with Crippen LogP contribution in [0, 0.1) is 6.92 Å². The monoisotopic (exact) mass is 228 g/mol. The number of hydrogen-bond acceptors (Lipinski definition) is 3. The number of hydrogen-bond donors (Lipinski definition) is 1.